The molecule has 0 spiro atoms. The van der Waals surface area contributed by atoms with Gasteiger partial charge in [0.05, 0.1) is 12.9 Å². The van der Waals surface area contributed by atoms with E-state index in [2.05, 4.69) is 30.5 Å². The van der Waals surface area contributed by atoms with Gasteiger partial charge in [-0.3, -0.25) is 0 Å². The summed E-state index contributed by atoms with van der Waals surface area (Å²) in [6.45, 7) is 6.91. The Morgan fingerprint density at radius 3 is 2.31 bits per heavy atom. The maximum atomic E-state index is 10.9. The first-order valence-electron chi connectivity index (χ1n) is 5.21. The Morgan fingerprint density at radius 1 is 1.38 bits per heavy atom. The minimum atomic E-state index is -3.31. The lowest BCUT2D eigenvalue weighted by molar-refractivity contribution is 0.254. The van der Waals surface area contributed by atoms with Gasteiger partial charge in [0.2, 0.25) is 10.0 Å². The van der Waals surface area contributed by atoms with Crippen LogP contribution >= 0.6 is 0 Å². The van der Waals surface area contributed by atoms with E-state index in [-0.39, 0.29) is 11.4 Å². The van der Waals surface area contributed by atoms with Gasteiger partial charge in [0.15, 0.2) is 0 Å². The summed E-state index contributed by atoms with van der Waals surface area (Å²) in [4.78, 5) is 3.71. The van der Waals surface area contributed by atoms with Crippen LogP contribution in [0, 0.1) is 5.41 Å². The fourth-order valence-corrected chi connectivity index (χ4v) is 1.54. The van der Waals surface area contributed by atoms with Crippen molar-refractivity contribution in [2.45, 2.75) is 33.6 Å². The van der Waals surface area contributed by atoms with Crippen molar-refractivity contribution in [3.63, 3.8) is 0 Å². The summed E-state index contributed by atoms with van der Waals surface area (Å²) in [6, 6.07) is 0.0522. The van der Waals surface area contributed by atoms with Gasteiger partial charge in [-0.05, 0) is 18.3 Å². The summed E-state index contributed by atoms with van der Waals surface area (Å²) in [5.74, 6) is 0. The van der Waals surface area contributed by atoms with Gasteiger partial charge in [0.1, 0.15) is 0 Å². The van der Waals surface area contributed by atoms with E-state index in [1.54, 1.807) is 0 Å². The zero-order valence-corrected chi connectivity index (χ0v) is 11.5. The maximum Gasteiger partial charge on any atom is 0.298 e. The number of amidine groups is 1. The molecule has 0 rings (SSSR count). The summed E-state index contributed by atoms with van der Waals surface area (Å²) in [5, 5.41) is 0. The van der Waals surface area contributed by atoms with Crippen molar-refractivity contribution in [2.24, 2.45) is 10.4 Å². The molecule has 6 heteroatoms. The Balaban J connectivity index is 3.92. The zero-order chi connectivity index (χ0) is 12.8. The second-order valence-electron chi connectivity index (χ2n) is 4.92. The molecule has 0 unspecified atom stereocenters. The highest BCUT2D eigenvalue weighted by molar-refractivity contribution is 7.89. The summed E-state index contributed by atoms with van der Waals surface area (Å²) in [5.41, 5.74) is 0.261. The first kappa shape index (κ1) is 15.2. The van der Waals surface area contributed by atoms with Crippen LogP contribution in [0.25, 0.3) is 0 Å². The zero-order valence-electron chi connectivity index (χ0n) is 10.7. The molecule has 0 amide bonds. The molecule has 0 radical (unpaired) electrons. The normalized spacial score (nSPS) is 13.7. The van der Waals surface area contributed by atoms with Gasteiger partial charge in [-0.25, -0.2) is 18.1 Å². The lowest BCUT2D eigenvalue weighted by atomic mass is 9.91. The molecule has 0 aromatic carbocycles. The fraction of sp³-hybridized carbons (Fsp3) is 0.900. The molecule has 0 aromatic heterocycles. The van der Waals surface area contributed by atoms with Crippen LogP contribution < -0.4 is 4.72 Å². The summed E-state index contributed by atoms with van der Waals surface area (Å²) in [7, 11) is -1.82. The number of rotatable bonds is 4. The third-order valence-electron chi connectivity index (χ3n) is 1.79. The van der Waals surface area contributed by atoms with Crippen molar-refractivity contribution in [1.82, 2.24) is 4.72 Å². The summed E-state index contributed by atoms with van der Waals surface area (Å²) in [6.07, 6.45) is 2.95. The van der Waals surface area contributed by atoms with E-state index in [4.69, 9.17) is 4.74 Å². The van der Waals surface area contributed by atoms with Gasteiger partial charge < -0.3 is 4.74 Å². The molecule has 5 nitrogen and oxygen atoms in total. The number of nitrogens with one attached hydrogen (secondary N) is 1. The van der Waals surface area contributed by atoms with Crippen LogP contribution in [0.5, 0.6) is 0 Å². The summed E-state index contributed by atoms with van der Waals surface area (Å²) < 4.78 is 29.3. The monoisotopic (exact) mass is 250 g/mol. The molecule has 0 fully saturated rings. The van der Waals surface area contributed by atoms with E-state index in [0.29, 0.717) is 6.61 Å². The number of ether oxygens (including phenoxy) is 1. The summed E-state index contributed by atoms with van der Waals surface area (Å²) >= 11 is 0. The van der Waals surface area contributed by atoms with E-state index < -0.39 is 10.0 Å². The Hall–Kier alpha value is -0.780. The molecular weight excluding hydrogens is 228 g/mol. The van der Waals surface area contributed by atoms with Gasteiger partial charge >= 0.3 is 0 Å². The lowest BCUT2D eigenvalue weighted by Crippen LogP contribution is -2.31. The number of nitrogens with zero attached hydrogens (tertiary/aromatic N) is 1. The predicted molar refractivity (Wildman–Crippen MR) is 66.0 cm³/mol. The van der Waals surface area contributed by atoms with Crippen LogP contribution in [-0.4, -0.2) is 34.3 Å². The minimum Gasteiger partial charge on any atom is -0.465 e. The van der Waals surface area contributed by atoms with Gasteiger partial charge in [-0.2, -0.15) is 0 Å². The third-order valence-corrected chi connectivity index (χ3v) is 2.33. The minimum absolute atomic E-state index is 0.0522. The molecule has 1 N–H and O–H groups in total. The molecular formula is C10H22N2O3S. The molecule has 0 aliphatic carbocycles. The van der Waals surface area contributed by atoms with E-state index in [9.17, 15) is 8.42 Å². The van der Waals surface area contributed by atoms with E-state index in [0.717, 1.165) is 19.1 Å². The molecule has 0 saturated heterocycles. The van der Waals surface area contributed by atoms with Gasteiger partial charge in [-0.15, -0.1) is 0 Å². The topological polar surface area (TPSA) is 67.8 Å². The average molecular weight is 250 g/mol. The Morgan fingerprint density at radius 2 is 1.94 bits per heavy atom. The van der Waals surface area contributed by atoms with Crippen molar-refractivity contribution in [3.8, 4) is 0 Å². The second-order valence-corrected chi connectivity index (χ2v) is 6.66. The predicted octanol–water partition coefficient (Wildman–Crippen LogP) is 1.36. The smallest absolute Gasteiger partial charge is 0.298 e. The molecule has 96 valence electrons. The van der Waals surface area contributed by atoms with Crippen molar-refractivity contribution in [3.05, 3.63) is 0 Å². The largest absolute Gasteiger partial charge is 0.465 e. The van der Waals surface area contributed by atoms with Gasteiger partial charge in [0, 0.05) is 7.05 Å². The van der Waals surface area contributed by atoms with Gasteiger partial charge in [0.25, 0.3) is 6.02 Å². The van der Waals surface area contributed by atoms with Crippen LogP contribution in [0.15, 0.2) is 4.99 Å². The molecule has 0 aromatic rings. The standard InChI is InChI=1S/C10H22N2O3S/c1-10(2,3)7-6-8-15-9(11-4)12-16(5,13)14/h6-8H2,1-5H3,(H,11,12). The first-order valence-corrected chi connectivity index (χ1v) is 7.10. The van der Waals surface area contributed by atoms with Crippen LogP contribution in [0.4, 0.5) is 0 Å². The number of aliphatic imine (C=N–C) groups is 1. The number of hydrogen-bond acceptors (Lipinski definition) is 4. The molecule has 0 aliphatic rings. The highest BCUT2D eigenvalue weighted by Crippen LogP contribution is 2.20. The quantitative estimate of drug-likeness (QED) is 0.465. The molecule has 0 bridgehead atoms. The lowest BCUT2D eigenvalue weighted by Gasteiger charge is -2.18. The van der Waals surface area contributed by atoms with Crippen molar-refractivity contribution >= 4 is 16.0 Å². The molecule has 0 aliphatic heterocycles. The highest BCUT2D eigenvalue weighted by atomic mass is 32.2. The van der Waals surface area contributed by atoms with Crippen LogP contribution in [0.1, 0.15) is 33.6 Å². The Labute approximate surface area is 98.3 Å². The van der Waals surface area contributed by atoms with Crippen LogP contribution in [-0.2, 0) is 14.8 Å². The third kappa shape index (κ3) is 9.76. The Bertz CT molecular complexity index is 328. The average Bonchev–Trinajstić information content (AvgIpc) is 2.06. The fourth-order valence-electron chi connectivity index (χ4n) is 1.07. The van der Waals surface area contributed by atoms with Gasteiger partial charge in [-0.1, -0.05) is 20.8 Å². The first-order chi connectivity index (χ1) is 7.14. The van der Waals surface area contributed by atoms with Crippen molar-refractivity contribution in [2.75, 3.05) is 19.9 Å². The number of sulfonamides is 1. The second kappa shape index (κ2) is 6.08. The maximum absolute atomic E-state index is 10.9. The molecule has 0 heterocycles. The van der Waals surface area contributed by atoms with E-state index in [1.165, 1.54) is 7.05 Å². The van der Waals surface area contributed by atoms with Crippen LogP contribution in [0.3, 0.4) is 0 Å². The number of hydrogen-bond donors (Lipinski definition) is 1. The highest BCUT2D eigenvalue weighted by Gasteiger charge is 2.11. The van der Waals surface area contributed by atoms with Crippen LogP contribution in [0.2, 0.25) is 0 Å². The van der Waals surface area contributed by atoms with E-state index >= 15 is 0 Å². The van der Waals surface area contributed by atoms with Crippen molar-refractivity contribution < 1.29 is 13.2 Å². The van der Waals surface area contributed by atoms with E-state index in [1.807, 2.05) is 0 Å². The molecule has 0 saturated carbocycles. The Kier molecular flexibility index (Phi) is 5.78. The molecule has 0 atom stereocenters. The van der Waals surface area contributed by atoms with Crippen molar-refractivity contribution in [1.29, 1.82) is 0 Å². The molecule has 16 heavy (non-hydrogen) atoms. The SMILES string of the molecule is CN=C(NS(C)(=O)=O)OCCCC(C)(C)C.